The van der Waals surface area contributed by atoms with Gasteiger partial charge < -0.3 is 5.73 Å². The zero-order valence-electron chi connectivity index (χ0n) is 10.9. The van der Waals surface area contributed by atoms with Crippen molar-refractivity contribution in [2.45, 2.75) is 19.4 Å². The molecule has 20 heavy (non-hydrogen) atoms. The van der Waals surface area contributed by atoms with Crippen molar-refractivity contribution < 1.29 is 9.59 Å². The van der Waals surface area contributed by atoms with Crippen LogP contribution in [0.5, 0.6) is 0 Å². The van der Waals surface area contributed by atoms with Crippen LogP contribution in [0, 0.1) is 6.92 Å². The monoisotopic (exact) mass is 287 g/mol. The minimum atomic E-state index is -0.624. The molecule has 0 aliphatic carbocycles. The molecule has 2 heterocycles. The molecule has 0 saturated heterocycles. The van der Waals surface area contributed by atoms with Gasteiger partial charge in [0.25, 0.3) is 5.91 Å². The number of aryl methyl sites for hydroxylation is 1. The summed E-state index contributed by atoms with van der Waals surface area (Å²) in [5, 5.41) is 0. The van der Waals surface area contributed by atoms with Crippen molar-refractivity contribution in [1.29, 1.82) is 0 Å². The molecule has 0 spiro atoms. The Bertz CT molecular complexity index is 695. The largest absolute Gasteiger partial charge is 0.368 e. The van der Waals surface area contributed by atoms with Gasteiger partial charge in [0, 0.05) is 12.1 Å². The summed E-state index contributed by atoms with van der Waals surface area (Å²) in [6, 6.07) is 6.87. The predicted molar refractivity (Wildman–Crippen MR) is 76.8 cm³/mol. The number of carbonyl (C=O) groups excluding carboxylic acids is 2. The zero-order valence-corrected chi connectivity index (χ0v) is 11.7. The minimum Gasteiger partial charge on any atom is -0.368 e. The fraction of sp³-hybridized carbons (Fsp3) is 0.214. The predicted octanol–water partition coefficient (Wildman–Crippen LogP) is 1.51. The van der Waals surface area contributed by atoms with Gasteiger partial charge in [-0.25, -0.2) is 4.98 Å². The first kappa shape index (κ1) is 12.8. The average Bonchev–Trinajstić information content (AvgIpc) is 3.01. The van der Waals surface area contributed by atoms with E-state index < -0.39 is 11.9 Å². The van der Waals surface area contributed by atoms with Gasteiger partial charge in [-0.1, -0.05) is 18.2 Å². The van der Waals surface area contributed by atoms with Crippen molar-refractivity contribution in [2.24, 2.45) is 5.73 Å². The summed E-state index contributed by atoms with van der Waals surface area (Å²) in [4.78, 5) is 30.5. The number of carbonyl (C=O) groups is 2. The molecule has 0 bridgehead atoms. The van der Waals surface area contributed by atoms with Crippen molar-refractivity contribution in [1.82, 2.24) is 4.98 Å². The van der Waals surface area contributed by atoms with E-state index in [2.05, 4.69) is 4.98 Å². The van der Waals surface area contributed by atoms with Crippen LogP contribution in [0.25, 0.3) is 0 Å². The molecule has 3 rings (SSSR count). The lowest BCUT2D eigenvalue weighted by atomic mass is 10.1. The van der Waals surface area contributed by atoms with E-state index in [4.69, 9.17) is 5.73 Å². The average molecular weight is 287 g/mol. The SMILES string of the molecule is Cc1ncsc1C(=O)N1c2ccccc2C[C@H]1C(N)=O. The molecule has 2 amide bonds. The summed E-state index contributed by atoms with van der Waals surface area (Å²) >= 11 is 1.28. The van der Waals surface area contributed by atoms with E-state index >= 15 is 0 Å². The molecule has 1 aromatic carbocycles. The number of benzene rings is 1. The van der Waals surface area contributed by atoms with Gasteiger partial charge in [-0.05, 0) is 18.6 Å². The quantitative estimate of drug-likeness (QED) is 0.909. The Labute approximate surface area is 120 Å². The molecule has 5 nitrogen and oxygen atoms in total. The van der Waals surface area contributed by atoms with Crippen LogP contribution >= 0.6 is 11.3 Å². The minimum absolute atomic E-state index is 0.209. The Balaban J connectivity index is 2.07. The number of thiazole rings is 1. The van der Waals surface area contributed by atoms with Crippen molar-refractivity contribution in [3.63, 3.8) is 0 Å². The lowest BCUT2D eigenvalue weighted by Gasteiger charge is -2.22. The van der Waals surface area contributed by atoms with Crippen molar-refractivity contribution in [3.05, 3.63) is 45.9 Å². The number of fused-ring (bicyclic) bond motifs is 1. The van der Waals surface area contributed by atoms with Crippen LogP contribution in [0.3, 0.4) is 0 Å². The standard InChI is InChI=1S/C14H13N3O2S/c1-8-12(20-7-16-8)14(19)17-10-5-3-2-4-9(10)6-11(17)13(15)18/h2-5,7,11H,6H2,1H3,(H2,15,18)/t11-/m0/s1. The third kappa shape index (κ3) is 1.89. The van der Waals surface area contributed by atoms with E-state index in [1.54, 1.807) is 12.4 Å². The molecule has 102 valence electrons. The number of primary amides is 1. The molecule has 2 N–H and O–H groups in total. The number of nitrogens with zero attached hydrogens (tertiary/aromatic N) is 2. The van der Waals surface area contributed by atoms with Gasteiger partial charge in [0.1, 0.15) is 10.9 Å². The molecule has 1 aliphatic rings. The van der Waals surface area contributed by atoms with Crippen molar-refractivity contribution in [2.75, 3.05) is 4.90 Å². The first-order valence-electron chi connectivity index (χ1n) is 6.20. The summed E-state index contributed by atoms with van der Waals surface area (Å²) in [6.07, 6.45) is 0.467. The van der Waals surface area contributed by atoms with Crippen LogP contribution in [0.2, 0.25) is 0 Å². The number of rotatable bonds is 2. The second-order valence-corrected chi connectivity index (χ2v) is 5.55. The summed E-state index contributed by atoms with van der Waals surface area (Å²) in [6.45, 7) is 1.78. The van der Waals surface area contributed by atoms with Crippen LogP contribution in [-0.2, 0) is 11.2 Å². The summed E-state index contributed by atoms with van der Waals surface area (Å²) in [5.74, 6) is -0.699. The molecule has 2 aromatic rings. The number of hydrogen-bond acceptors (Lipinski definition) is 4. The van der Waals surface area contributed by atoms with E-state index in [9.17, 15) is 9.59 Å². The van der Waals surface area contributed by atoms with Gasteiger partial charge in [-0.2, -0.15) is 0 Å². The smallest absolute Gasteiger partial charge is 0.271 e. The Morgan fingerprint density at radius 2 is 2.15 bits per heavy atom. The van der Waals surface area contributed by atoms with Crippen molar-refractivity contribution in [3.8, 4) is 0 Å². The van der Waals surface area contributed by atoms with Crippen LogP contribution < -0.4 is 10.6 Å². The first-order valence-corrected chi connectivity index (χ1v) is 7.08. The maximum Gasteiger partial charge on any atom is 0.271 e. The topological polar surface area (TPSA) is 76.3 Å². The number of para-hydroxylation sites is 1. The molecule has 1 atom stereocenters. The van der Waals surface area contributed by atoms with E-state index in [0.717, 1.165) is 11.3 Å². The third-order valence-electron chi connectivity index (χ3n) is 3.46. The highest BCUT2D eigenvalue weighted by Gasteiger charge is 2.38. The highest BCUT2D eigenvalue weighted by molar-refractivity contribution is 7.12. The second kappa shape index (κ2) is 4.72. The fourth-order valence-corrected chi connectivity index (χ4v) is 3.22. The van der Waals surface area contributed by atoms with Gasteiger partial charge in [0.05, 0.1) is 11.2 Å². The van der Waals surface area contributed by atoms with E-state index in [1.807, 2.05) is 24.3 Å². The number of hydrogen-bond donors (Lipinski definition) is 1. The van der Waals surface area contributed by atoms with Gasteiger partial charge >= 0.3 is 0 Å². The van der Waals surface area contributed by atoms with Gasteiger partial charge in [-0.3, -0.25) is 14.5 Å². The van der Waals surface area contributed by atoms with Gasteiger partial charge in [0.15, 0.2) is 0 Å². The molecule has 1 aliphatic heterocycles. The summed E-state index contributed by atoms with van der Waals surface area (Å²) in [5.41, 5.74) is 9.48. The van der Waals surface area contributed by atoms with Crippen LogP contribution in [0.4, 0.5) is 5.69 Å². The van der Waals surface area contributed by atoms with E-state index in [0.29, 0.717) is 17.0 Å². The highest BCUT2D eigenvalue weighted by atomic mass is 32.1. The number of anilines is 1. The third-order valence-corrected chi connectivity index (χ3v) is 4.38. The first-order chi connectivity index (χ1) is 9.59. The summed E-state index contributed by atoms with van der Waals surface area (Å²) in [7, 11) is 0. The fourth-order valence-electron chi connectivity index (χ4n) is 2.48. The van der Waals surface area contributed by atoms with Crippen LogP contribution in [0.15, 0.2) is 29.8 Å². The normalized spacial score (nSPS) is 17.1. The number of aromatic nitrogens is 1. The molecular formula is C14H13N3O2S. The molecule has 0 saturated carbocycles. The van der Waals surface area contributed by atoms with E-state index in [-0.39, 0.29) is 5.91 Å². The Morgan fingerprint density at radius 3 is 2.80 bits per heavy atom. The number of amides is 2. The highest BCUT2D eigenvalue weighted by Crippen LogP contribution is 2.34. The van der Waals surface area contributed by atoms with Gasteiger partial charge in [0.2, 0.25) is 5.91 Å². The Kier molecular flexibility index (Phi) is 3.02. The Hall–Kier alpha value is -2.21. The van der Waals surface area contributed by atoms with Crippen molar-refractivity contribution >= 4 is 28.8 Å². The molecule has 0 radical (unpaired) electrons. The molecule has 1 aromatic heterocycles. The zero-order chi connectivity index (χ0) is 14.3. The summed E-state index contributed by atoms with van der Waals surface area (Å²) < 4.78 is 0. The van der Waals surface area contributed by atoms with Crippen LogP contribution in [-0.4, -0.2) is 22.8 Å². The molecule has 0 fully saturated rings. The lowest BCUT2D eigenvalue weighted by molar-refractivity contribution is -0.119. The lowest BCUT2D eigenvalue weighted by Crippen LogP contribution is -2.46. The Morgan fingerprint density at radius 1 is 1.40 bits per heavy atom. The van der Waals surface area contributed by atoms with E-state index in [1.165, 1.54) is 16.2 Å². The maximum atomic E-state index is 12.7. The molecule has 0 unspecified atom stereocenters. The molecular weight excluding hydrogens is 274 g/mol. The number of nitrogens with two attached hydrogens (primary N) is 1. The van der Waals surface area contributed by atoms with Gasteiger partial charge in [-0.15, -0.1) is 11.3 Å². The molecule has 6 heteroatoms. The van der Waals surface area contributed by atoms with Crippen LogP contribution in [0.1, 0.15) is 20.9 Å². The second-order valence-electron chi connectivity index (χ2n) is 4.69. The maximum absolute atomic E-state index is 12.7.